The standard InChI is InChI=1S/C28H30F3N3O5/c1-34(2)12-11-26-18-9-6-10-22(26)39-24-23(26)17(14-21(18)34)20(33(37)38)15-27(24,36)32-25(35)19(28(29,30)31)13-16-7-4-3-5-8-16/h3-5,7-8,13,15,18,21-22,24,36H,6,9-12,14H2,1-2H3/p+1/t18-,21+,22-,24?,26+,27?/m0/s1. The lowest BCUT2D eigenvalue weighted by Crippen LogP contribution is -2.68. The lowest BCUT2D eigenvalue weighted by Gasteiger charge is -2.60. The minimum atomic E-state index is -5.04. The average Bonchev–Trinajstić information content (AvgIpc) is 3.21. The van der Waals surface area contributed by atoms with Crippen molar-refractivity contribution in [2.24, 2.45) is 11.3 Å². The Morgan fingerprint density at radius 3 is 2.64 bits per heavy atom. The molecule has 3 fully saturated rings. The minimum Gasteiger partial charge on any atom is -0.365 e. The first-order chi connectivity index (χ1) is 18.3. The number of allylic oxidation sites excluding steroid dienone is 1. The summed E-state index contributed by atoms with van der Waals surface area (Å²) >= 11 is 0. The summed E-state index contributed by atoms with van der Waals surface area (Å²) in [5, 5.41) is 26.3. The first kappa shape index (κ1) is 26.2. The van der Waals surface area contributed by atoms with Gasteiger partial charge in [-0.3, -0.25) is 14.9 Å². The zero-order valence-corrected chi connectivity index (χ0v) is 21.7. The summed E-state index contributed by atoms with van der Waals surface area (Å²) in [7, 11) is 4.26. The number of nitrogens with zero attached hydrogens (tertiary/aromatic N) is 2. The summed E-state index contributed by atoms with van der Waals surface area (Å²) in [5.41, 5.74) is -3.72. The number of halogens is 3. The normalized spacial score (nSPS) is 36.7. The van der Waals surface area contributed by atoms with Gasteiger partial charge in [0.1, 0.15) is 11.7 Å². The number of quaternary nitrogens is 1. The molecule has 2 saturated heterocycles. The number of hydrogen-bond acceptors (Lipinski definition) is 5. The van der Waals surface area contributed by atoms with Gasteiger partial charge < -0.3 is 19.6 Å². The van der Waals surface area contributed by atoms with E-state index in [0.29, 0.717) is 41.0 Å². The molecule has 1 saturated carbocycles. The SMILES string of the molecule is C[N+]1(C)CC[C@@]23C4=C5C[C@@H]1[C@@H]2CCC[C@@H]3OC4C(O)(NC(=O)C(=Cc1ccccc1)C(F)(F)F)C=C5[N+](=O)[O-]. The van der Waals surface area contributed by atoms with Crippen LogP contribution < -0.4 is 5.32 Å². The van der Waals surface area contributed by atoms with Crippen LogP contribution in [0.2, 0.25) is 0 Å². The maximum absolute atomic E-state index is 14.0. The van der Waals surface area contributed by atoms with Gasteiger partial charge in [-0.15, -0.1) is 0 Å². The Labute approximate surface area is 223 Å². The van der Waals surface area contributed by atoms with Crippen LogP contribution in [-0.2, 0) is 9.53 Å². The molecular formula is C28H31F3N3O5+. The van der Waals surface area contributed by atoms with Gasteiger partial charge >= 0.3 is 6.18 Å². The van der Waals surface area contributed by atoms with Gasteiger partial charge in [0.25, 0.3) is 11.6 Å². The van der Waals surface area contributed by atoms with E-state index in [-0.39, 0.29) is 29.3 Å². The molecule has 2 N–H and O–H groups in total. The summed E-state index contributed by atoms with van der Waals surface area (Å²) in [4.78, 5) is 24.9. The molecule has 1 amide bonds. The molecule has 6 rings (SSSR count). The first-order valence-electron chi connectivity index (χ1n) is 13.3. The van der Waals surface area contributed by atoms with Gasteiger partial charge in [-0.25, -0.2) is 0 Å². The highest BCUT2D eigenvalue weighted by atomic mass is 19.4. The fraction of sp³-hybridized carbons (Fsp3) is 0.536. The van der Waals surface area contributed by atoms with Crippen molar-refractivity contribution in [1.29, 1.82) is 0 Å². The second-order valence-electron chi connectivity index (χ2n) is 12.0. The highest BCUT2D eigenvalue weighted by Gasteiger charge is 2.72. The fourth-order valence-electron chi connectivity index (χ4n) is 8.05. The van der Waals surface area contributed by atoms with E-state index in [9.17, 15) is 33.2 Å². The van der Waals surface area contributed by atoms with Crippen molar-refractivity contribution < 1.29 is 37.2 Å². The number of nitrogens with one attached hydrogen (secondary N) is 1. The lowest BCUT2D eigenvalue weighted by atomic mass is 9.50. The Kier molecular flexibility index (Phi) is 5.71. The predicted octanol–water partition coefficient (Wildman–Crippen LogP) is 3.71. The van der Waals surface area contributed by atoms with Crippen molar-refractivity contribution in [3.8, 4) is 0 Å². The highest BCUT2D eigenvalue weighted by Crippen LogP contribution is 2.67. The third-order valence-corrected chi connectivity index (χ3v) is 9.72. The van der Waals surface area contributed by atoms with Crippen molar-refractivity contribution in [3.05, 3.63) is 74.5 Å². The van der Waals surface area contributed by atoms with E-state index in [1.807, 2.05) is 0 Å². The van der Waals surface area contributed by atoms with E-state index in [4.69, 9.17) is 4.74 Å². The van der Waals surface area contributed by atoms with Crippen LogP contribution in [0, 0.1) is 21.4 Å². The molecule has 1 aromatic carbocycles. The van der Waals surface area contributed by atoms with E-state index >= 15 is 0 Å². The largest absolute Gasteiger partial charge is 0.421 e. The maximum Gasteiger partial charge on any atom is 0.421 e. The number of carbonyl (C=O) groups excluding carboxylic acids is 1. The van der Waals surface area contributed by atoms with Crippen LogP contribution >= 0.6 is 0 Å². The van der Waals surface area contributed by atoms with Gasteiger partial charge in [-0.1, -0.05) is 36.8 Å². The first-order valence-corrected chi connectivity index (χ1v) is 13.3. The monoisotopic (exact) mass is 546 g/mol. The number of ether oxygens (including phenoxy) is 1. The van der Waals surface area contributed by atoms with E-state index in [2.05, 4.69) is 19.4 Å². The average molecular weight is 547 g/mol. The third-order valence-electron chi connectivity index (χ3n) is 9.72. The second kappa shape index (κ2) is 8.49. The quantitative estimate of drug-likeness (QED) is 0.197. The van der Waals surface area contributed by atoms with Gasteiger partial charge in [0.15, 0.2) is 5.72 Å². The van der Waals surface area contributed by atoms with Gasteiger partial charge in [-0.05, 0) is 30.1 Å². The Morgan fingerprint density at radius 1 is 1.26 bits per heavy atom. The molecule has 2 bridgehead atoms. The molecular weight excluding hydrogens is 515 g/mol. The van der Waals surface area contributed by atoms with Crippen molar-refractivity contribution in [1.82, 2.24) is 5.32 Å². The number of benzene rings is 1. The number of nitro groups is 1. The van der Waals surface area contributed by atoms with Crippen molar-refractivity contribution in [3.63, 3.8) is 0 Å². The lowest BCUT2D eigenvalue weighted by molar-refractivity contribution is -0.928. The van der Waals surface area contributed by atoms with Crippen molar-refractivity contribution >= 4 is 12.0 Å². The predicted molar refractivity (Wildman–Crippen MR) is 134 cm³/mol. The molecule has 0 radical (unpaired) electrons. The number of piperidine rings is 1. The maximum atomic E-state index is 14.0. The Morgan fingerprint density at radius 2 is 1.97 bits per heavy atom. The van der Waals surface area contributed by atoms with Crippen LogP contribution in [0.3, 0.4) is 0 Å². The molecule has 6 atom stereocenters. The number of alkyl halides is 3. The van der Waals surface area contributed by atoms with Crippen LogP contribution in [0.15, 0.2) is 58.8 Å². The molecule has 39 heavy (non-hydrogen) atoms. The summed E-state index contributed by atoms with van der Waals surface area (Å²) in [5.74, 6) is -1.42. The minimum absolute atomic E-state index is 0.123. The van der Waals surface area contributed by atoms with Crippen LogP contribution in [0.1, 0.15) is 37.7 Å². The highest BCUT2D eigenvalue weighted by molar-refractivity contribution is 5.99. The third kappa shape index (κ3) is 3.81. The number of amides is 1. The van der Waals surface area contributed by atoms with Crippen LogP contribution in [0.5, 0.6) is 0 Å². The molecule has 2 heterocycles. The zero-order chi connectivity index (χ0) is 28.0. The number of hydrogen-bond donors (Lipinski definition) is 2. The smallest absolute Gasteiger partial charge is 0.365 e. The van der Waals surface area contributed by atoms with Crippen LogP contribution in [-0.4, -0.2) is 71.2 Å². The Balaban J connectivity index is 1.45. The molecule has 1 spiro atoms. The molecule has 11 heteroatoms. The van der Waals surface area contributed by atoms with Crippen molar-refractivity contribution in [2.75, 3.05) is 20.6 Å². The van der Waals surface area contributed by atoms with Gasteiger partial charge in [0.05, 0.1) is 37.7 Å². The number of likely N-dealkylation sites (tertiary alicyclic amines) is 1. The topological polar surface area (TPSA) is 102 Å². The van der Waals surface area contributed by atoms with Gasteiger partial charge in [-0.2, -0.15) is 13.2 Å². The molecule has 8 nitrogen and oxygen atoms in total. The Bertz CT molecular complexity index is 1340. The summed E-state index contributed by atoms with van der Waals surface area (Å²) < 4.78 is 49.2. The van der Waals surface area contributed by atoms with Gasteiger partial charge in [0, 0.05) is 35.8 Å². The summed E-state index contributed by atoms with van der Waals surface area (Å²) in [6, 6.07) is 7.67. The van der Waals surface area contributed by atoms with Gasteiger partial charge in [0.2, 0.25) is 0 Å². The molecule has 3 aliphatic carbocycles. The fourth-order valence-corrected chi connectivity index (χ4v) is 8.05. The molecule has 208 valence electrons. The molecule has 5 aliphatic rings. The Hall–Kier alpha value is -3.02. The van der Waals surface area contributed by atoms with E-state index < -0.39 is 39.8 Å². The van der Waals surface area contributed by atoms with E-state index in [1.54, 1.807) is 6.07 Å². The summed E-state index contributed by atoms with van der Waals surface area (Å²) in [6.07, 6.45) is -1.40. The molecule has 0 aromatic heterocycles. The van der Waals surface area contributed by atoms with Crippen LogP contribution in [0.25, 0.3) is 6.08 Å². The number of carbonyl (C=O) groups is 1. The van der Waals surface area contributed by atoms with Crippen LogP contribution in [0.4, 0.5) is 13.2 Å². The number of rotatable bonds is 4. The van der Waals surface area contributed by atoms with E-state index in [0.717, 1.165) is 25.5 Å². The van der Waals surface area contributed by atoms with E-state index in [1.165, 1.54) is 24.3 Å². The summed E-state index contributed by atoms with van der Waals surface area (Å²) in [6.45, 7) is 0.810. The number of aliphatic hydroxyl groups is 1. The molecule has 1 aromatic rings. The van der Waals surface area contributed by atoms with Crippen molar-refractivity contribution in [2.45, 2.75) is 62.3 Å². The zero-order valence-electron chi connectivity index (χ0n) is 21.7. The molecule has 2 unspecified atom stereocenters. The second-order valence-corrected chi connectivity index (χ2v) is 12.0. The molecule has 2 aliphatic heterocycles.